The van der Waals surface area contributed by atoms with Gasteiger partial charge in [0.2, 0.25) is 6.41 Å². The Labute approximate surface area is 162 Å². The maximum atomic E-state index is 14.1. The van der Waals surface area contributed by atoms with Crippen LogP contribution in [-0.4, -0.2) is 50.0 Å². The second-order valence-electron chi connectivity index (χ2n) is 6.41. The molecule has 0 spiro atoms. The molecule has 1 unspecified atom stereocenters. The summed E-state index contributed by atoms with van der Waals surface area (Å²) >= 11 is 6.35. The molecular formula is C19H23ClF2N4O. The molecule has 1 amide bonds. The minimum atomic E-state index is -0.769. The van der Waals surface area contributed by atoms with Gasteiger partial charge < -0.3 is 15.5 Å². The van der Waals surface area contributed by atoms with E-state index < -0.39 is 11.6 Å². The Morgan fingerprint density at radius 3 is 2.70 bits per heavy atom. The van der Waals surface area contributed by atoms with Crippen LogP contribution in [0.3, 0.4) is 0 Å². The van der Waals surface area contributed by atoms with Crippen molar-refractivity contribution in [3.63, 3.8) is 0 Å². The molecule has 0 aliphatic carbocycles. The fourth-order valence-electron chi connectivity index (χ4n) is 2.88. The fraction of sp³-hybridized carbons (Fsp3) is 0.368. The van der Waals surface area contributed by atoms with Crippen LogP contribution in [0.4, 0.5) is 14.6 Å². The second kappa shape index (κ2) is 9.73. The molecular weight excluding hydrogens is 374 g/mol. The van der Waals surface area contributed by atoms with Crippen molar-refractivity contribution in [3.05, 3.63) is 46.5 Å². The highest BCUT2D eigenvalue weighted by Gasteiger charge is 2.19. The maximum absolute atomic E-state index is 14.1. The van der Waals surface area contributed by atoms with Crippen LogP contribution in [0.15, 0.2) is 24.3 Å². The van der Waals surface area contributed by atoms with Gasteiger partial charge in [-0.1, -0.05) is 18.5 Å². The Morgan fingerprint density at radius 1 is 1.33 bits per heavy atom. The van der Waals surface area contributed by atoms with Gasteiger partial charge >= 0.3 is 0 Å². The summed E-state index contributed by atoms with van der Waals surface area (Å²) in [5, 5.41) is 5.89. The molecule has 1 heterocycles. The van der Waals surface area contributed by atoms with Crippen LogP contribution >= 0.6 is 11.6 Å². The van der Waals surface area contributed by atoms with Crippen LogP contribution in [0.5, 0.6) is 0 Å². The highest BCUT2D eigenvalue weighted by molar-refractivity contribution is 6.33. The minimum Gasteiger partial charge on any atom is -0.318 e. The molecule has 27 heavy (non-hydrogen) atoms. The number of aromatic nitrogens is 1. The van der Waals surface area contributed by atoms with E-state index in [4.69, 9.17) is 11.6 Å². The lowest BCUT2D eigenvalue weighted by atomic mass is 9.99. The summed E-state index contributed by atoms with van der Waals surface area (Å²) < 4.78 is 27.3. The number of nitrogens with zero attached hydrogens (tertiary/aromatic N) is 2. The van der Waals surface area contributed by atoms with Gasteiger partial charge in [0, 0.05) is 36.8 Å². The summed E-state index contributed by atoms with van der Waals surface area (Å²) in [7, 11) is 3.89. The number of pyridine rings is 1. The zero-order valence-corrected chi connectivity index (χ0v) is 16.3. The molecule has 0 bridgehead atoms. The molecule has 2 aromatic rings. The molecule has 0 saturated heterocycles. The smallest absolute Gasteiger partial charge is 0.212 e. The fourth-order valence-corrected chi connectivity index (χ4v) is 3.14. The van der Waals surface area contributed by atoms with Crippen molar-refractivity contribution in [2.24, 2.45) is 0 Å². The molecule has 0 aliphatic rings. The van der Waals surface area contributed by atoms with Gasteiger partial charge in [-0.25, -0.2) is 13.8 Å². The topological polar surface area (TPSA) is 57.3 Å². The van der Waals surface area contributed by atoms with E-state index in [2.05, 4.69) is 20.5 Å². The zero-order chi connectivity index (χ0) is 20.0. The lowest BCUT2D eigenvalue weighted by molar-refractivity contribution is -0.105. The van der Waals surface area contributed by atoms with E-state index in [-0.39, 0.29) is 22.2 Å². The first-order valence-corrected chi connectivity index (χ1v) is 8.94. The van der Waals surface area contributed by atoms with Gasteiger partial charge in [-0.05, 0) is 38.2 Å². The summed E-state index contributed by atoms with van der Waals surface area (Å²) in [6.45, 7) is 4.43. The summed E-state index contributed by atoms with van der Waals surface area (Å²) in [6.07, 6.45) is 0.516. The number of benzene rings is 1. The Hall–Kier alpha value is -2.09. The van der Waals surface area contributed by atoms with Crippen LogP contribution in [0, 0.1) is 11.6 Å². The summed E-state index contributed by atoms with van der Waals surface area (Å²) in [6, 6.07) is 4.86. The predicted molar refractivity (Wildman–Crippen MR) is 104 cm³/mol. The van der Waals surface area contributed by atoms with Gasteiger partial charge in [0.1, 0.15) is 17.5 Å². The number of hydrogen-bond acceptors (Lipinski definition) is 4. The number of amides is 1. The SMILES string of the molecule is CNCCN(C)CC(C)c1cc(Cl)c(-c2ccc(F)cc2F)nc1NC=O. The van der Waals surface area contributed by atoms with E-state index in [0.717, 1.165) is 37.3 Å². The monoisotopic (exact) mass is 396 g/mol. The Bertz CT molecular complexity index is 804. The molecule has 5 nitrogen and oxygen atoms in total. The molecule has 0 aliphatic heterocycles. The molecule has 8 heteroatoms. The van der Waals surface area contributed by atoms with Crippen molar-refractivity contribution in [3.8, 4) is 11.3 Å². The third kappa shape index (κ3) is 5.45. The van der Waals surface area contributed by atoms with E-state index in [9.17, 15) is 13.6 Å². The second-order valence-corrected chi connectivity index (χ2v) is 6.82. The van der Waals surface area contributed by atoms with Crippen molar-refractivity contribution in [2.45, 2.75) is 12.8 Å². The maximum Gasteiger partial charge on any atom is 0.212 e. The van der Waals surface area contributed by atoms with Crippen molar-refractivity contribution >= 4 is 23.8 Å². The van der Waals surface area contributed by atoms with Gasteiger partial charge in [-0.2, -0.15) is 0 Å². The first-order valence-electron chi connectivity index (χ1n) is 8.56. The van der Waals surface area contributed by atoms with Gasteiger partial charge in [0.25, 0.3) is 0 Å². The number of hydrogen-bond donors (Lipinski definition) is 2. The van der Waals surface area contributed by atoms with E-state index in [1.165, 1.54) is 6.07 Å². The standard InChI is InChI=1S/C19H23ClF2N4O/c1-12(10-26(3)7-6-23-2)15-9-16(20)18(25-19(15)24-11-27)14-5-4-13(21)8-17(14)22/h4-5,8-9,11-12,23H,6-7,10H2,1-3H3,(H,24,25,27). The molecule has 2 N–H and O–H groups in total. The minimum absolute atomic E-state index is 0.0198. The predicted octanol–water partition coefficient (Wildman–Crippen LogP) is 3.50. The number of halogens is 3. The van der Waals surface area contributed by atoms with Crippen LogP contribution in [-0.2, 0) is 4.79 Å². The Balaban J connectivity index is 2.39. The van der Waals surface area contributed by atoms with E-state index >= 15 is 0 Å². The molecule has 146 valence electrons. The van der Waals surface area contributed by atoms with Gasteiger partial charge in [0.05, 0.1) is 10.7 Å². The van der Waals surface area contributed by atoms with Gasteiger partial charge in [-0.15, -0.1) is 0 Å². The van der Waals surface area contributed by atoms with Crippen molar-refractivity contribution < 1.29 is 13.6 Å². The quantitative estimate of drug-likeness (QED) is 0.637. The third-order valence-corrected chi connectivity index (χ3v) is 4.54. The van der Waals surface area contributed by atoms with Crippen molar-refractivity contribution in [1.29, 1.82) is 0 Å². The Morgan fingerprint density at radius 2 is 2.07 bits per heavy atom. The highest BCUT2D eigenvalue weighted by atomic mass is 35.5. The van der Waals surface area contributed by atoms with E-state index in [1.54, 1.807) is 6.07 Å². The van der Waals surface area contributed by atoms with Crippen molar-refractivity contribution in [1.82, 2.24) is 15.2 Å². The normalized spacial score (nSPS) is 12.3. The van der Waals surface area contributed by atoms with Crippen LogP contribution in [0.25, 0.3) is 11.3 Å². The van der Waals surface area contributed by atoms with Crippen molar-refractivity contribution in [2.75, 3.05) is 39.0 Å². The first-order chi connectivity index (χ1) is 12.9. The average molecular weight is 397 g/mol. The van der Waals surface area contributed by atoms with Gasteiger partial charge in [0.15, 0.2) is 0 Å². The van der Waals surface area contributed by atoms with Gasteiger partial charge in [-0.3, -0.25) is 4.79 Å². The number of likely N-dealkylation sites (N-methyl/N-ethyl adjacent to an activating group) is 2. The zero-order valence-electron chi connectivity index (χ0n) is 15.5. The summed E-state index contributed by atoms with van der Waals surface area (Å²) in [5.74, 6) is -1.13. The third-order valence-electron chi connectivity index (χ3n) is 4.25. The number of rotatable bonds is 9. The first kappa shape index (κ1) is 21.2. The molecule has 1 atom stereocenters. The highest BCUT2D eigenvalue weighted by Crippen LogP contribution is 2.34. The lowest BCUT2D eigenvalue weighted by Gasteiger charge is -2.23. The average Bonchev–Trinajstić information content (AvgIpc) is 2.61. The molecule has 1 aromatic carbocycles. The molecule has 0 saturated carbocycles. The number of carbonyl (C=O) groups is 1. The molecule has 0 radical (unpaired) electrons. The summed E-state index contributed by atoms with van der Waals surface area (Å²) in [5.41, 5.74) is 0.966. The number of carbonyl (C=O) groups excluding carboxylic acids is 1. The molecule has 0 fully saturated rings. The lowest BCUT2D eigenvalue weighted by Crippen LogP contribution is -2.30. The van der Waals surface area contributed by atoms with E-state index in [0.29, 0.717) is 12.2 Å². The van der Waals surface area contributed by atoms with E-state index in [1.807, 2.05) is 21.0 Å². The number of anilines is 1. The van der Waals surface area contributed by atoms with Crippen LogP contribution < -0.4 is 10.6 Å². The summed E-state index contributed by atoms with van der Waals surface area (Å²) in [4.78, 5) is 17.5. The molecule has 1 aromatic heterocycles. The molecule has 2 rings (SSSR count). The number of nitrogens with one attached hydrogen (secondary N) is 2. The Kier molecular flexibility index (Phi) is 7.65. The largest absolute Gasteiger partial charge is 0.318 e. The van der Waals surface area contributed by atoms with Crippen LogP contribution in [0.1, 0.15) is 18.4 Å². The van der Waals surface area contributed by atoms with Crippen LogP contribution in [0.2, 0.25) is 5.02 Å².